The fourth-order valence-electron chi connectivity index (χ4n) is 3.99. The van der Waals surface area contributed by atoms with Gasteiger partial charge in [0.05, 0.1) is 7.11 Å². The minimum Gasteiger partial charge on any atom is -0.497 e. The van der Waals surface area contributed by atoms with Crippen molar-refractivity contribution in [1.82, 2.24) is 0 Å². The van der Waals surface area contributed by atoms with E-state index in [1.807, 2.05) is 12.1 Å². The molecule has 0 saturated heterocycles. The fourth-order valence-corrected chi connectivity index (χ4v) is 4.12. The molecular weight excluding hydrogens is 420 g/mol. The Morgan fingerprint density at radius 1 is 0.968 bits per heavy atom. The summed E-state index contributed by atoms with van der Waals surface area (Å²) >= 11 is 5.96. The van der Waals surface area contributed by atoms with Crippen molar-refractivity contribution in [2.45, 2.75) is 5.92 Å². The number of ether oxygens (including phenoxy) is 4. The lowest BCUT2D eigenvalue weighted by molar-refractivity contribution is -0.138. The molecule has 0 saturated carbocycles. The van der Waals surface area contributed by atoms with Crippen LogP contribution in [0.25, 0.3) is 0 Å². The number of Topliss-reactive ketones (excluding diaryl/α,β-unsaturated/α-hetero) is 1. The van der Waals surface area contributed by atoms with Gasteiger partial charge in [-0.3, -0.25) is 9.59 Å². The molecule has 2 aliphatic heterocycles. The molecule has 0 aliphatic carbocycles. The molecule has 7 heteroatoms. The van der Waals surface area contributed by atoms with Crippen molar-refractivity contribution in [3.63, 3.8) is 0 Å². The molecule has 2 atom stereocenters. The molecule has 0 fully saturated rings. The number of esters is 1. The smallest absolute Gasteiger partial charge is 0.323 e. The van der Waals surface area contributed by atoms with Gasteiger partial charge >= 0.3 is 5.97 Å². The van der Waals surface area contributed by atoms with Gasteiger partial charge in [0.15, 0.2) is 17.3 Å². The number of methoxy groups -OCH3 is 1. The van der Waals surface area contributed by atoms with Gasteiger partial charge in [-0.05, 0) is 48.0 Å². The summed E-state index contributed by atoms with van der Waals surface area (Å²) in [6.07, 6.45) is 0. The van der Waals surface area contributed by atoms with Gasteiger partial charge in [0.2, 0.25) is 6.79 Å². The van der Waals surface area contributed by atoms with Gasteiger partial charge in [0.1, 0.15) is 17.4 Å². The molecule has 0 bridgehead atoms. The average Bonchev–Trinajstić information content (AvgIpc) is 3.24. The SMILES string of the molecule is COc1ccc([C@H]2c3cc4c(cc3OC(=O)[C@@H]2C(=O)c2ccc(Cl)cc2)OCO4)cc1. The first-order chi connectivity index (χ1) is 15.0. The number of hydrogen-bond donors (Lipinski definition) is 0. The number of carbonyl (C=O) groups is 2. The standard InChI is InChI=1S/C24H17ClO6/c1-28-16-8-4-13(5-9-16)21-17-10-19-20(30-12-29-19)11-18(17)31-24(27)22(21)23(26)14-2-6-15(25)7-3-14/h2-11,21-22H,12H2,1H3/t21-,22-/m0/s1. The van der Waals surface area contributed by atoms with Gasteiger partial charge in [0, 0.05) is 28.1 Å². The largest absolute Gasteiger partial charge is 0.497 e. The van der Waals surface area contributed by atoms with Crippen LogP contribution in [0.3, 0.4) is 0 Å². The van der Waals surface area contributed by atoms with E-state index >= 15 is 0 Å². The normalized spacial score (nSPS) is 18.8. The van der Waals surface area contributed by atoms with E-state index in [0.717, 1.165) is 5.56 Å². The number of rotatable bonds is 4. The molecule has 2 aliphatic rings. The summed E-state index contributed by atoms with van der Waals surface area (Å²) in [5, 5.41) is 0.507. The van der Waals surface area contributed by atoms with Crippen LogP contribution in [0.4, 0.5) is 0 Å². The summed E-state index contributed by atoms with van der Waals surface area (Å²) in [5.41, 5.74) is 1.85. The van der Waals surface area contributed by atoms with Crippen molar-refractivity contribution in [2.24, 2.45) is 5.92 Å². The van der Waals surface area contributed by atoms with Gasteiger partial charge in [-0.1, -0.05) is 23.7 Å². The first kappa shape index (κ1) is 19.5. The Hall–Kier alpha value is -3.51. The number of fused-ring (bicyclic) bond motifs is 2. The van der Waals surface area contributed by atoms with E-state index in [4.69, 9.17) is 30.5 Å². The molecule has 5 rings (SSSR count). The highest BCUT2D eigenvalue weighted by Crippen LogP contribution is 2.48. The zero-order chi connectivity index (χ0) is 21.5. The van der Waals surface area contributed by atoms with Crippen molar-refractivity contribution in [1.29, 1.82) is 0 Å². The molecule has 2 heterocycles. The lowest BCUT2D eigenvalue weighted by atomic mass is 9.75. The average molecular weight is 437 g/mol. The van der Waals surface area contributed by atoms with E-state index in [1.165, 1.54) is 0 Å². The third-order valence-electron chi connectivity index (χ3n) is 5.52. The lowest BCUT2D eigenvalue weighted by Gasteiger charge is -2.31. The Morgan fingerprint density at radius 2 is 1.65 bits per heavy atom. The second kappa shape index (κ2) is 7.63. The Balaban J connectivity index is 1.65. The first-order valence-electron chi connectivity index (χ1n) is 9.64. The van der Waals surface area contributed by atoms with E-state index in [2.05, 4.69) is 0 Å². The van der Waals surface area contributed by atoms with Crippen molar-refractivity contribution >= 4 is 23.4 Å². The van der Waals surface area contributed by atoms with Crippen LogP contribution in [0.15, 0.2) is 60.7 Å². The molecule has 0 unspecified atom stereocenters. The quantitative estimate of drug-likeness (QED) is 0.257. The third kappa shape index (κ3) is 3.39. The monoisotopic (exact) mass is 436 g/mol. The number of halogens is 1. The molecule has 3 aromatic rings. The van der Waals surface area contributed by atoms with Gasteiger partial charge in [-0.15, -0.1) is 0 Å². The third-order valence-corrected chi connectivity index (χ3v) is 5.78. The maximum atomic E-state index is 13.4. The predicted octanol–water partition coefficient (Wildman–Crippen LogP) is 4.63. The van der Waals surface area contributed by atoms with Crippen molar-refractivity contribution in [3.05, 3.63) is 82.4 Å². The van der Waals surface area contributed by atoms with E-state index in [-0.39, 0.29) is 12.6 Å². The topological polar surface area (TPSA) is 71.1 Å². The van der Waals surface area contributed by atoms with Crippen molar-refractivity contribution in [3.8, 4) is 23.0 Å². The molecular formula is C24H17ClO6. The molecule has 6 nitrogen and oxygen atoms in total. The molecule has 0 N–H and O–H groups in total. The molecule has 0 radical (unpaired) electrons. The summed E-state index contributed by atoms with van der Waals surface area (Å²) in [6.45, 7) is 0.0898. The zero-order valence-corrected chi connectivity index (χ0v) is 17.2. The van der Waals surface area contributed by atoms with E-state index in [9.17, 15) is 9.59 Å². The summed E-state index contributed by atoms with van der Waals surface area (Å²) < 4.78 is 21.8. The molecule has 0 spiro atoms. The fraction of sp³-hybridized carbons (Fsp3) is 0.167. The van der Waals surface area contributed by atoms with Crippen LogP contribution >= 0.6 is 11.6 Å². The van der Waals surface area contributed by atoms with Crippen LogP contribution < -0.4 is 18.9 Å². The number of ketones is 1. The van der Waals surface area contributed by atoms with E-state index < -0.39 is 17.8 Å². The summed E-state index contributed by atoms with van der Waals surface area (Å²) in [6, 6.07) is 17.2. The van der Waals surface area contributed by atoms with Crippen LogP contribution in [0.5, 0.6) is 23.0 Å². The molecule has 156 valence electrons. The molecule has 0 aromatic heterocycles. The van der Waals surface area contributed by atoms with Crippen LogP contribution in [-0.2, 0) is 4.79 Å². The highest BCUT2D eigenvalue weighted by Gasteiger charge is 2.44. The number of benzene rings is 3. The van der Waals surface area contributed by atoms with Crippen LogP contribution in [0.2, 0.25) is 5.02 Å². The van der Waals surface area contributed by atoms with Gasteiger partial charge in [-0.25, -0.2) is 0 Å². The predicted molar refractivity (Wildman–Crippen MR) is 112 cm³/mol. The summed E-state index contributed by atoms with van der Waals surface area (Å²) in [4.78, 5) is 26.5. The summed E-state index contributed by atoms with van der Waals surface area (Å²) in [5.74, 6) is -0.514. The van der Waals surface area contributed by atoms with Crippen molar-refractivity contribution < 1.29 is 28.5 Å². The minimum absolute atomic E-state index is 0.0898. The second-order valence-corrected chi connectivity index (χ2v) is 7.70. The van der Waals surface area contributed by atoms with Gasteiger partial charge in [0.25, 0.3) is 0 Å². The Bertz CT molecular complexity index is 1170. The number of hydrogen-bond acceptors (Lipinski definition) is 6. The zero-order valence-electron chi connectivity index (χ0n) is 16.5. The first-order valence-corrected chi connectivity index (χ1v) is 10.0. The van der Waals surface area contributed by atoms with E-state index in [0.29, 0.717) is 39.1 Å². The van der Waals surface area contributed by atoms with Gasteiger partial charge in [-0.2, -0.15) is 0 Å². The highest BCUT2D eigenvalue weighted by atomic mass is 35.5. The van der Waals surface area contributed by atoms with Gasteiger partial charge < -0.3 is 18.9 Å². The molecule has 0 amide bonds. The van der Waals surface area contributed by atoms with Crippen LogP contribution in [0.1, 0.15) is 27.4 Å². The Morgan fingerprint density at radius 3 is 2.32 bits per heavy atom. The lowest BCUT2D eigenvalue weighted by Crippen LogP contribution is -2.38. The maximum absolute atomic E-state index is 13.4. The Kier molecular flexibility index (Phi) is 4.79. The van der Waals surface area contributed by atoms with Crippen LogP contribution in [-0.4, -0.2) is 25.7 Å². The second-order valence-electron chi connectivity index (χ2n) is 7.26. The number of carbonyl (C=O) groups excluding carboxylic acids is 2. The van der Waals surface area contributed by atoms with Crippen molar-refractivity contribution in [2.75, 3.05) is 13.9 Å². The molecule has 3 aromatic carbocycles. The summed E-state index contributed by atoms with van der Waals surface area (Å²) in [7, 11) is 1.58. The highest BCUT2D eigenvalue weighted by molar-refractivity contribution is 6.30. The van der Waals surface area contributed by atoms with Crippen LogP contribution in [0, 0.1) is 5.92 Å². The van der Waals surface area contributed by atoms with E-state index in [1.54, 1.807) is 55.6 Å². The minimum atomic E-state index is -1.07. The Labute approximate surface area is 183 Å². The maximum Gasteiger partial charge on any atom is 0.323 e. The molecule has 31 heavy (non-hydrogen) atoms.